The Labute approximate surface area is 682 Å². The van der Waals surface area contributed by atoms with E-state index in [1.165, 1.54) is 27.9 Å². The van der Waals surface area contributed by atoms with Crippen LogP contribution in [0.4, 0.5) is 0 Å². The summed E-state index contributed by atoms with van der Waals surface area (Å²) < 4.78 is 116. The quantitative estimate of drug-likeness (QED) is 0.0931. The number of aryl methyl sites for hydroxylation is 12. The van der Waals surface area contributed by atoms with Crippen LogP contribution < -0.4 is 18.3 Å². The highest BCUT2D eigenvalue weighted by molar-refractivity contribution is 6.12. The second-order valence-electron chi connectivity index (χ2n) is 32.8. The summed E-state index contributed by atoms with van der Waals surface area (Å²) in [5, 5.41) is 8.31. The lowest BCUT2D eigenvalue weighted by Crippen LogP contribution is -2.33. The highest BCUT2D eigenvalue weighted by Gasteiger charge is 2.33. The molecule has 1 aliphatic heterocycles. The van der Waals surface area contributed by atoms with Gasteiger partial charge in [0.15, 0.2) is 53.7 Å². The van der Waals surface area contributed by atoms with Crippen molar-refractivity contribution in [2.24, 2.45) is 44.8 Å². The maximum Gasteiger partial charge on any atom is 0.227 e. The van der Waals surface area contributed by atoms with Crippen molar-refractivity contribution in [3.63, 3.8) is 0 Å². The number of nitrogens with zero attached hydrogens (tertiary/aromatic N) is 8. The van der Waals surface area contributed by atoms with Crippen LogP contribution in [0, 0.1) is 72.1 Å². The van der Waals surface area contributed by atoms with Crippen molar-refractivity contribution in [2.75, 3.05) is 0 Å². The molecule has 1 atom stereocenters. The Morgan fingerprint density at radius 2 is 0.735 bits per heavy atom. The molecule has 16 aromatic rings. The third-order valence-electron chi connectivity index (χ3n) is 21.9. The minimum Gasteiger partial charge on any atom is -0.437 e. The zero-order valence-electron chi connectivity index (χ0n) is 80.3. The average molecular weight is 1520 g/mol. The van der Waals surface area contributed by atoms with Gasteiger partial charge in [-0.2, -0.15) is 4.57 Å². The highest BCUT2D eigenvalue weighted by atomic mass is 16.4. The molecule has 13 heterocycles. The van der Waals surface area contributed by atoms with E-state index >= 15 is 0 Å². The van der Waals surface area contributed by atoms with Gasteiger partial charge in [0.25, 0.3) is 0 Å². The van der Waals surface area contributed by atoms with Crippen molar-refractivity contribution in [3.05, 3.63) is 236 Å². The minimum absolute atomic E-state index is 0.110. The van der Waals surface area contributed by atoms with Gasteiger partial charge in [0, 0.05) is 132 Å². The molecular formula is C101H116N8O4+4. The third kappa shape index (κ3) is 15.6. The average Bonchev–Trinajstić information content (AvgIpc) is 1.55. The maximum absolute atomic E-state index is 8.63. The molecule has 0 aliphatic carbocycles. The van der Waals surface area contributed by atoms with Gasteiger partial charge in [0.1, 0.15) is 21.1 Å². The van der Waals surface area contributed by atoms with Gasteiger partial charge in [-0.1, -0.05) is 139 Å². The van der Waals surface area contributed by atoms with E-state index in [4.69, 9.17) is 46.3 Å². The van der Waals surface area contributed by atoms with Crippen molar-refractivity contribution in [3.8, 4) is 45.0 Å². The van der Waals surface area contributed by atoms with E-state index in [-0.39, 0.29) is 23.3 Å². The zero-order valence-corrected chi connectivity index (χ0v) is 70.3. The largest absolute Gasteiger partial charge is 0.437 e. The fraction of sp³-hybridized carbons (Fsp3) is 0.366. The standard InChI is InChI=1S/C26H31N2O.C25H27N2O.2C25H29N2O/c1-15(2)12-19-14-28(7)23(13-18(19)6)24-17(5)8-9-20-21-10-11-22(16(3)4)27-26(21)29-25(20)24;1-14(2)10-18-13-27-12-17-6-7-19-20-8-9-21(15(3)4)26-25(20)28-24(19)23(17)22(27)11-16(18)5;1-7-19-9-11-21-20-10-8-16(4)23(24(20)28-25(21)26-19)22-13-18(12-15(2)3)17(5)14-27(22)6;1-7-19-9-11-21-20-10-8-16(4)23(24(20)28-25(21)26-19)22-13-17(5)18(12-15(2)3)14-27(22)6/h8-11,13-16H,12H2,1-7H3;6-9,11,13-15H,10,12H2,1-5H3;2*8-11,13-15H,7,12H2,1-6H3/q4*+1/i12D2;1D3,10D2,14D;;12D2. The number of pyridine rings is 8. The second-order valence-corrected chi connectivity index (χ2v) is 32.8. The molecule has 113 heavy (non-hydrogen) atoms. The second kappa shape index (κ2) is 32.0. The van der Waals surface area contributed by atoms with E-state index in [2.05, 4.69) is 203 Å². The van der Waals surface area contributed by atoms with Crippen molar-refractivity contribution in [2.45, 2.75) is 202 Å². The Hall–Kier alpha value is -10.7. The Balaban J connectivity index is 0.000000134. The molecule has 0 fully saturated rings. The molecule has 1 unspecified atom stereocenters. The molecule has 12 nitrogen and oxygen atoms in total. The predicted molar refractivity (Wildman–Crippen MR) is 465 cm³/mol. The number of rotatable bonds is 15. The van der Waals surface area contributed by atoms with Gasteiger partial charge in [-0.05, 0) is 216 Å². The summed E-state index contributed by atoms with van der Waals surface area (Å²) in [6, 6.07) is 41.9. The first-order valence-electron chi connectivity index (χ1n) is 45.2. The molecule has 0 spiro atoms. The van der Waals surface area contributed by atoms with E-state index in [9.17, 15) is 0 Å². The maximum atomic E-state index is 8.63. The van der Waals surface area contributed by atoms with Crippen LogP contribution in [0.15, 0.2) is 164 Å². The smallest absolute Gasteiger partial charge is 0.227 e. The molecule has 0 saturated heterocycles. The van der Waals surface area contributed by atoms with E-state index in [0.29, 0.717) is 41.1 Å². The van der Waals surface area contributed by atoms with E-state index in [1.54, 1.807) is 13.1 Å². The van der Waals surface area contributed by atoms with E-state index in [1.807, 2.05) is 106 Å². The van der Waals surface area contributed by atoms with Crippen molar-refractivity contribution in [1.29, 1.82) is 0 Å². The molecule has 12 aromatic heterocycles. The number of hydrogen-bond donors (Lipinski definition) is 0. The molecule has 0 radical (unpaired) electrons. The number of furan rings is 4. The number of benzene rings is 4. The topological polar surface area (TPSA) is 120 Å². The molecule has 0 bridgehead atoms. The summed E-state index contributed by atoms with van der Waals surface area (Å²) in [5.41, 5.74) is 29.7. The number of hydrogen-bond acceptors (Lipinski definition) is 8. The Morgan fingerprint density at radius 1 is 0.372 bits per heavy atom. The van der Waals surface area contributed by atoms with Crippen LogP contribution in [-0.2, 0) is 66.1 Å². The van der Waals surface area contributed by atoms with Crippen LogP contribution in [0.5, 0.6) is 0 Å². The van der Waals surface area contributed by atoms with Crippen LogP contribution in [0.25, 0.3) is 133 Å². The first-order valence-corrected chi connectivity index (χ1v) is 40.2. The SMILES string of the molecule is CCc1ccc2c(n1)oc1c(-c3cc(CC(C)C)c(C)c[n+]3C)c(C)ccc12.[2H]C([2H])([2H])C([2H])(C)C([2H])([2H])c1c[n+]2c(cc1C)-c1c(ccc3c1oc1nc(C(C)C)ccc13)C2.[2H]C([2H])(c1c[n+](C)c(-c2c(C)ccc3c2oc2nc(C(C)C)ccc23)cc1C)C(C)C.[2H]C([2H])(c1c[n+](C)c(-c2c(C)ccc3c2oc2nc(CC)ccc23)cc1C)C(C)C. The molecule has 0 N–H and O–H groups in total. The normalized spacial score (nSPS) is 14.5. The molecule has 4 aromatic carbocycles. The molecule has 580 valence electrons. The highest BCUT2D eigenvalue weighted by Crippen LogP contribution is 2.43. The van der Waals surface area contributed by atoms with E-state index in [0.717, 1.165) is 193 Å². The first kappa shape index (κ1) is 66.8. The molecule has 0 saturated carbocycles. The summed E-state index contributed by atoms with van der Waals surface area (Å²) in [5.74, 6) is -1.29. The fourth-order valence-corrected chi connectivity index (χ4v) is 15.9. The van der Waals surface area contributed by atoms with Crippen molar-refractivity contribution in [1.82, 2.24) is 19.9 Å². The lowest BCUT2D eigenvalue weighted by molar-refractivity contribution is -0.672. The first-order chi connectivity index (χ1) is 57.8. The van der Waals surface area contributed by atoms with Gasteiger partial charge in [-0.15, -0.1) is 0 Å². The molecule has 12 heteroatoms. The third-order valence-corrected chi connectivity index (χ3v) is 21.9. The van der Waals surface area contributed by atoms with Crippen LogP contribution in [0.3, 0.4) is 0 Å². The van der Waals surface area contributed by atoms with Crippen LogP contribution in [0.2, 0.25) is 0 Å². The Kier molecular flexibility index (Phi) is 19.0. The van der Waals surface area contributed by atoms with Crippen LogP contribution in [-0.4, -0.2) is 19.9 Å². The van der Waals surface area contributed by atoms with Gasteiger partial charge in [0.05, 0.1) is 22.3 Å². The summed E-state index contributed by atoms with van der Waals surface area (Å²) in [6.45, 7) is 38.0. The Morgan fingerprint density at radius 3 is 1.13 bits per heavy atom. The predicted octanol–water partition coefficient (Wildman–Crippen LogP) is 24.0. The van der Waals surface area contributed by atoms with Gasteiger partial charge < -0.3 is 17.7 Å². The number of fused-ring (bicyclic) bond motifs is 16. The van der Waals surface area contributed by atoms with Crippen molar-refractivity contribution < 1.29 is 49.6 Å². The molecule has 17 rings (SSSR count). The summed E-state index contributed by atoms with van der Waals surface area (Å²) in [6.07, 6.45) is 5.45. The number of aromatic nitrogens is 8. The zero-order chi connectivity index (χ0) is 89.2. The minimum atomic E-state index is -2.78. The van der Waals surface area contributed by atoms with Gasteiger partial charge in [-0.3, -0.25) is 0 Å². The molecule has 1 aliphatic rings. The van der Waals surface area contributed by atoms with Crippen molar-refractivity contribution >= 4 is 88.3 Å². The summed E-state index contributed by atoms with van der Waals surface area (Å²) >= 11 is 0. The van der Waals surface area contributed by atoms with E-state index < -0.39 is 31.9 Å². The Bertz CT molecular complexity index is 6860. The molecular weight excluding hydrogens is 1390 g/mol. The summed E-state index contributed by atoms with van der Waals surface area (Å²) in [4.78, 5) is 18.9. The monoisotopic (exact) mass is 1510 g/mol. The van der Waals surface area contributed by atoms with Gasteiger partial charge in [0.2, 0.25) is 45.6 Å². The lowest BCUT2D eigenvalue weighted by Gasteiger charge is -2.11. The van der Waals surface area contributed by atoms with Crippen LogP contribution >= 0.6 is 0 Å². The van der Waals surface area contributed by atoms with Gasteiger partial charge >= 0.3 is 0 Å². The summed E-state index contributed by atoms with van der Waals surface area (Å²) in [7, 11) is 6.07. The van der Waals surface area contributed by atoms with Gasteiger partial charge in [-0.25, -0.2) is 33.6 Å². The lowest BCUT2D eigenvalue weighted by atomic mass is 9.95. The fourth-order valence-electron chi connectivity index (χ4n) is 15.9. The van der Waals surface area contributed by atoms with Crippen LogP contribution in [0.1, 0.15) is 212 Å². The molecule has 0 amide bonds.